The van der Waals surface area contributed by atoms with Crippen LogP contribution in [0.25, 0.3) is 0 Å². The highest BCUT2D eigenvalue weighted by Crippen LogP contribution is 2.34. The van der Waals surface area contributed by atoms with E-state index in [9.17, 15) is 4.79 Å². The summed E-state index contributed by atoms with van der Waals surface area (Å²) < 4.78 is 4.70. The van der Waals surface area contributed by atoms with Crippen molar-refractivity contribution >= 4 is 5.91 Å². The van der Waals surface area contributed by atoms with Crippen LogP contribution in [0.15, 0.2) is 59.2 Å². The molecule has 0 saturated heterocycles. The Morgan fingerprint density at radius 1 is 1.07 bits per heavy atom. The van der Waals surface area contributed by atoms with Crippen molar-refractivity contribution < 1.29 is 9.42 Å². The molecule has 0 fully saturated rings. The van der Waals surface area contributed by atoms with E-state index in [2.05, 4.69) is 76.1 Å². The fourth-order valence-electron chi connectivity index (χ4n) is 4.12. The Bertz CT molecular complexity index is 958. The minimum atomic E-state index is -0.160. The van der Waals surface area contributed by atoms with Gasteiger partial charge in [-0.05, 0) is 43.5 Å². The summed E-state index contributed by atoms with van der Waals surface area (Å²) in [4.78, 5) is 15.0. The zero-order chi connectivity index (χ0) is 20.3. The molecule has 0 radical (unpaired) electrons. The van der Waals surface area contributed by atoms with Gasteiger partial charge in [-0.3, -0.25) is 9.69 Å². The van der Waals surface area contributed by atoms with E-state index in [0.29, 0.717) is 17.9 Å². The van der Waals surface area contributed by atoms with E-state index in [1.54, 1.807) is 6.92 Å². The molecule has 0 atom stereocenters. The number of amides is 1. The summed E-state index contributed by atoms with van der Waals surface area (Å²) in [5.41, 5.74) is 5.07. The van der Waals surface area contributed by atoms with E-state index < -0.39 is 0 Å². The average molecular weight is 390 g/mol. The number of carbonyl (C=O) groups is 1. The Hall–Kier alpha value is -2.99. The Morgan fingerprint density at radius 2 is 1.72 bits per heavy atom. The molecule has 1 aliphatic carbocycles. The minimum absolute atomic E-state index is 0.0627. The predicted octanol–water partition coefficient (Wildman–Crippen LogP) is 2.71. The van der Waals surface area contributed by atoms with Crippen molar-refractivity contribution in [2.24, 2.45) is 0 Å². The summed E-state index contributed by atoms with van der Waals surface area (Å²) in [6.45, 7) is 3.20. The summed E-state index contributed by atoms with van der Waals surface area (Å²) in [6, 6.07) is 19.0. The van der Waals surface area contributed by atoms with Crippen LogP contribution in [-0.2, 0) is 30.6 Å². The third kappa shape index (κ3) is 4.22. The van der Waals surface area contributed by atoms with E-state index in [1.807, 2.05) is 6.07 Å². The number of hydrogen-bond donors (Lipinski definition) is 1. The van der Waals surface area contributed by atoms with Gasteiger partial charge in [-0.15, -0.1) is 0 Å². The van der Waals surface area contributed by atoms with Gasteiger partial charge in [0, 0.05) is 18.6 Å². The number of nitrogens with one attached hydrogen (secondary N) is 1. The summed E-state index contributed by atoms with van der Waals surface area (Å²) >= 11 is 0. The van der Waals surface area contributed by atoms with Crippen molar-refractivity contribution in [2.45, 2.75) is 38.3 Å². The van der Waals surface area contributed by atoms with E-state index in [4.69, 9.17) is 4.63 Å². The molecular weight excluding hydrogens is 364 g/mol. The number of hydrogen-bond acceptors (Lipinski definition) is 5. The number of fused-ring (bicyclic) bond motifs is 1. The summed E-state index contributed by atoms with van der Waals surface area (Å²) in [5, 5.41) is 10.7. The van der Waals surface area contributed by atoms with Crippen LogP contribution >= 0.6 is 0 Å². The van der Waals surface area contributed by atoms with Crippen molar-refractivity contribution in [1.82, 2.24) is 20.5 Å². The molecule has 1 aromatic heterocycles. The molecule has 6 nitrogen and oxygen atoms in total. The van der Waals surface area contributed by atoms with Crippen LogP contribution in [0.4, 0.5) is 0 Å². The molecule has 1 aliphatic rings. The molecule has 6 heteroatoms. The van der Waals surface area contributed by atoms with Crippen LogP contribution in [0.2, 0.25) is 0 Å². The quantitative estimate of drug-likeness (QED) is 0.672. The van der Waals surface area contributed by atoms with Gasteiger partial charge in [0.2, 0.25) is 5.91 Å². The normalized spacial score (nSPS) is 14.7. The van der Waals surface area contributed by atoms with Crippen molar-refractivity contribution in [3.63, 3.8) is 0 Å². The summed E-state index contributed by atoms with van der Waals surface area (Å²) in [5.74, 6) is -0.0627. The van der Waals surface area contributed by atoms with Gasteiger partial charge in [0.1, 0.15) is 11.4 Å². The number of likely N-dealkylation sites (N-methyl/N-ethyl adjacent to an activating group) is 1. The molecule has 0 bridgehead atoms. The van der Waals surface area contributed by atoms with Crippen LogP contribution in [0.5, 0.6) is 0 Å². The fraction of sp³-hybridized carbons (Fsp3) is 0.348. The van der Waals surface area contributed by atoms with Gasteiger partial charge < -0.3 is 5.32 Å². The molecule has 3 aromatic rings. The number of benzene rings is 2. The van der Waals surface area contributed by atoms with Crippen molar-refractivity contribution in [3.8, 4) is 0 Å². The van der Waals surface area contributed by atoms with Crippen LogP contribution in [-0.4, -0.2) is 40.3 Å². The fourth-order valence-corrected chi connectivity index (χ4v) is 4.12. The van der Waals surface area contributed by atoms with Crippen molar-refractivity contribution in [1.29, 1.82) is 0 Å². The lowest BCUT2D eigenvalue weighted by atomic mass is 9.92. The molecule has 1 heterocycles. The highest BCUT2D eigenvalue weighted by Gasteiger charge is 2.40. The first kappa shape index (κ1) is 19.3. The van der Waals surface area contributed by atoms with E-state index in [-0.39, 0.29) is 17.9 Å². The molecule has 0 spiro atoms. The molecule has 0 aliphatic heterocycles. The standard InChI is InChI=1S/C23H26N4O2/c1-17-21(26-29-25-17)12-22(28)24-16-23(13-19-10-6-7-11-20(19)14-23)27(2)15-18-8-4-3-5-9-18/h3-11H,12-16H2,1-2H3,(H,24,28). The number of aryl methyl sites for hydroxylation is 1. The smallest absolute Gasteiger partial charge is 0.226 e. The second-order valence-corrected chi connectivity index (χ2v) is 7.94. The first-order chi connectivity index (χ1) is 14.1. The maximum atomic E-state index is 12.6. The predicted molar refractivity (Wildman–Crippen MR) is 110 cm³/mol. The second-order valence-electron chi connectivity index (χ2n) is 7.94. The number of rotatable bonds is 7. The van der Waals surface area contributed by atoms with Gasteiger partial charge >= 0.3 is 0 Å². The Labute approximate surface area is 170 Å². The van der Waals surface area contributed by atoms with E-state index in [1.165, 1.54) is 16.7 Å². The Morgan fingerprint density at radius 3 is 2.34 bits per heavy atom. The lowest BCUT2D eigenvalue weighted by Crippen LogP contribution is -2.55. The average Bonchev–Trinajstić information content (AvgIpc) is 3.31. The van der Waals surface area contributed by atoms with Gasteiger partial charge in [-0.25, -0.2) is 4.63 Å². The monoisotopic (exact) mass is 390 g/mol. The third-order valence-corrected chi connectivity index (χ3v) is 5.92. The molecule has 0 saturated carbocycles. The molecule has 1 N–H and O–H groups in total. The molecular formula is C23H26N4O2. The molecule has 150 valence electrons. The van der Waals surface area contributed by atoms with Gasteiger partial charge in [0.05, 0.1) is 6.42 Å². The van der Waals surface area contributed by atoms with Gasteiger partial charge in [-0.1, -0.05) is 64.9 Å². The summed E-state index contributed by atoms with van der Waals surface area (Å²) in [7, 11) is 2.15. The third-order valence-electron chi connectivity index (χ3n) is 5.92. The van der Waals surface area contributed by atoms with Crippen LogP contribution in [0.1, 0.15) is 28.1 Å². The number of nitrogens with zero attached hydrogens (tertiary/aromatic N) is 3. The number of aromatic nitrogens is 2. The lowest BCUT2D eigenvalue weighted by Gasteiger charge is -2.39. The first-order valence-corrected chi connectivity index (χ1v) is 9.92. The molecule has 29 heavy (non-hydrogen) atoms. The first-order valence-electron chi connectivity index (χ1n) is 9.92. The molecule has 4 rings (SSSR count). The van der Waals surface area contributed by atoms with Gasteiger partial charge in [-0.2, -0.15) is 0 Å². The minimum Gasteiger partial charge on any atom is -0.354 e. The topological polar surface area (TPSA) is 71.3 Å². The SMILES string of the molecule is Cc1nonc1CC(=O)NCC1(N(C)Cc2ccccc2)Cc2ccccc2C1. The van der Waals surface area contributed by atoms with E-state index >= 15 is 0 Å². The van der Waals surface area contributed by atoms with Gasteiger partial charge in [0.15, 0.2) is 0 Å². The highest BCUT2D eigenvalue weighted by atomic mass is 16.6. The zero-order valence-corrected chi connectivity index (χ0v) is 16.9. The largest absolute Gasteiger partial charge is 0.354 e. The Kier molecular flexibility index (Phi) is 5.45. The zero-order valence-electron chi connectivity index (χ0n) is 16.9. The van der Waals surface area contributed by atoms with Crippen LogP contribution < -0.4 is 5.32 Å². The van der Waals surface area contributed by atoms with Gasteiger partial charge in [0.25, 0.3) is 0 Å². The van der Waals surface area contributed by atoms with Crippen LogP contribution in [0, 0.1) is 6.92 Å². The number of carbonyl (C=O) groups excluding carboxylic acids is 1. The maximum Gasteiger partial charge on any atom is 0.226 e. The lowest BCUT2D eigenvalue weighted by molar-refractivity contribution is -0.121. The highest BCUT2D eigenvalue weighted by molar-refractivity contribution is 5.78. The Balaban J connectivity index is 1.50. The molecule has 0 unspecified atom stereocenters. The van der Waals surface area contributed by atoms with Crippen molar-refractivity contribution in [2.75, 3.05) is 13.6 Å². The summed E-state index contributed by atoms with van der Waals surface area (Å²) in [6.07, 6.45) is 2.01. The molecule has 1 amide bonds. The van der Waals surface area contributed by atoms with E-state index in [0.717, 1.165) is 19.4 Å². The van der Waals surface area contributed by atoms with Crippen LogP contribution in [0.3, 0.4) is 0 Å². The molecule has 2 aromatic carbocycles. The second kappa shape index (κ2) is 8.17. The van der Waals surface area contributed by atoms with Crippen molar-refractivity contribution in [3.05, 3.63) is 82.7 Å². The maximum absolute atomic E-state index is 12.6.